The molecule has 2 aromatic carbocycles. The van der Waals surface area contributed by atoms with Crippen molar-refractivity contribution < 1.29 is 14.3 Å². The fraction of sp³-hybridized carbons (Fsp3) is 0.273. The lowest BCUT2D eigenvalue weighted by Gasteiger charge is -2.22. The lowest BCUT2D eigenvalue weighted by Crippen LogP contribution is -2.39. The predicted octanol–water partition coefficient (Wildman–Crippen LogP) is 2.55. The van der Waals surface area contributed by atoms with E-state index in [0.29, 0.717) is 17.3 Å². The Kier molecular flexibility index (Phi) is 4.88. The van der Waals surface area contributed by atoms with Gasteiger partial charge in [0.05, 0.1) is 5.39 Å². The van der Waals surface area contributed by atoms with E-state index in [1.165, 1.54) is 4.68 Å². The predicted molar refractivity (Wildman–Crippen MR) is 109 cm³/mol. The first-order valence-electron chi connectivity index (χ1n) is 9.58. The highest BCUT2D eigenvalue weighted by Crippen LogP contribution is 2.31. The second-order valence-electron chi connectivity index (χ2n) is 7.04. The van der Waals surface area contributed by atoms with Gasteiger partial charge in [0.25, 0.3) is 11.5 Å². The average Bonchev–Trinajstić information content (AvgIpc) is 3.08. The summed E-state index contributed by atoms with van der Waals surface area (Å²) in [5, 5.41) is 4.96. The molecule has 0 unspecified atom stereocenters. The van der Waals surface area contributed by atoms with Crippen molar-refractivity contribution in [1.29, 1.82) is 0 Å². The summed E-state index contributed by atoms with van der Waals surface area (Å²) in [5.41, 5.74) is 1.72. The molecule has 1 amide bonds. The Hall–Kier alpha value is -3.48. The molecule has 7 heteroatoms. The quantitative estimate of drug-likeness (QED) is 0.639. The summed E-state index contributed by atoms with van der Waals surface area (Å²) in [4.78, 5) is 39.6. The maximum Gasteiger partial charge on any atom is 0.359 e. The standard InChI is InChI=1S/C22H21N3O4/c1-3-24-21(27)17-10-6-5-9-16(17)20(23-24)22(28)29-13-19(26)25-14(2)12-15-8-4-7-11-18(15)25/h4-11,14H,3,12-13H2,1-2H3/t14-/m0/s1. The molecule has 4 rings (SSSR count). The highest BCUT2D eigenvalue weighted by molar-refractivity contribution is 6.04. The first kappa shape index (κ1) is 18.9. The number of hydrogen-bond acceptors (Lipinski definition) is 5. The Labute approximate surface area is 167 Å². The summed E-state index contributed by atoms with van der Waals surface area (Å²) < 4.78 is 6.53. The molecular formula is C22H21N3O4. The first-order chi connectivity index (χ1) is 14.0. The van der Waals surface area contributed by atoms with Crippen molar-refractivity contribution in [1.82, 2.24) is 9.78 Å². The zero-order valence-electron chi connectivity index (χ0n) is 16.3. The maximum atomic E-state index is 12.8. The van der Waals surface area contributed by atoms with Gasteiger partial charge in [0.1, 0.15) is 0 Å². The molecule has 1 aliphatic rings. The molecule has 7 nitrogen and oxygen atoms in total. The van der Waals surface area contributed by atoms with Gasteiger partial charge in [-0.25, -0.2) is 9.48 Å². The Morgan fingerprint density at radius 2 is 1.79 bits per heavy atom. The molecule has 0 fully saturated rings. The van der Waals surface area contributed by atoms with Crippen LogP contribution < -0.4 is 10.5 Å². The van der Waals surface area contributed by atoms with Gasteiger partial charge in [-0.05, 0) is 38.0 Å². The topological polar surface area (TPSA) is 81.5 Å². The van der Waals surface area contributed by atoms with Crippen molar-refractivity contribution in [2.24, 2.45) is 0 Å². The lowest BCUT2D eigenvalue weighted by molar-refractivity contribution is -0.122. The smallest absolute Gasteiger partial charge is 0.359 e. The summed E-state index contributed by atoms with van der Waals surface area (Å²) in [7, 11) is 0. The summed E-state index contributed by atoms with van der Waals surface area (Å²) in [5.74, 6) is -1.01. The third kappa shape index (κ3) is 3.29. The summed E-state index contributed by atoms with van der Waals surface area (Å²) >= 11 is 0. The van der Waals surface area contributed by atoms with Crippen LogP contribution in [0.3, 0.4) is 0 Å². The van der Waals surface area contributed by atoms with Crippen molar-refractivity contribution in [3.63, 3.8) is 0 Å². The molecule has 1 aliphatic heterocycles. The van der Waals surface area contributed by atoms with Crippen LogP contribution in [0, 0.1) is 0 Å². The number of benzene rings is 2. The van der Waals surface area contributed by atoms with Crippen molar-refractivity contribution in [3.05, 3.63) is 70.1 Å². The van der Waals surface area contributed by atoms with Gasteiger partial charge in [0, 0.05) is 23.7 Å². The Bertz CT molecular complexity index is 1170. The number of rotatable bonds is 4. The van der Waals surface area contributed by atoms with Crippen molar-refractivity contribution >= 4 is 28.3 Å². The van der Waals surface area contributed by atoms with Crippen LogP contribution in [0.5, 0.6) is 0 Å². The van der Waals surface area contributed by atoms with E-state index in [4.69, 9.17) is 4.74 Å². The zero-order chi connectivity index (χ0) is 20.5. The van der Waals surface area contributed by atoms with E-state index in [9.17, 15) is 14.4 Å². The van der Waals surface area contributed by atoms with Crippen molar-refractivity contribution in [3.8, 4) is 0 Å². The number of carbonyl (C=O) groups excluding carboxylic acids is 2. The van der Waals surface area contributed by atoms with Crippen LogP contribution in [-0.2, 0) is 22.5 Å². The number of carbonyl (C=O) groups is 2. The van der Waals surface area contributed by atoms with E-state index < -0.39 is 12.6 Å². The molecule has 0 saturated heterocycles. The minimum Gasteiger partial charge on any atom is -0.451 e. The molecule has 29 heavy (non-hydrogen) atoms. The SMILES string of the molecule is CCn1nc(C(=O)OCC(=O)N2c3ccccc3C[C@@H]2C)c2ccccc2c1=O. The van der Waals surface area contributed by atoms with Gasteiger partial charge in [0.2, 0.25) is 0 Å². The van der Waals surface area contributed by atoms with Crippen molar-refractivity contribution in [2.45, 2.75) is 32.9 Å². The second-order valence-corrected chi connectivity index (χ2v) is 7.04. The van der Waals surface area contributed by atoms with E-state index in [-0.39, 0.29) is 23.2 Å². The first-order valence-corrected chi connectivity index (χ1v) is 9.58. The van der Waals surface area contributed by atoms with Crippen LogP contribution >= 0.6 is 0 Å². The van der Waals surface area contributed by atoms with Gasteiger partial charge >= 0.3 is 5.97 Å². The number of ether oxygens (including phenoxy) is 1. The van der Waals surface area contributed by atoms with Crippen LogP contribution in [0.15, 0.2) is 53.3 Å². The molecule has 1 atom stereocenters. The molecule has 1 aromatic heterocycles. The van der Waals surface area contributed by atoms with E-state index >= 15 is 0 Å². The highest BCUT2D eigenvalue weighted by Gasteiger charge is 2.31. The number of fused-ring (bicyclic) bond motifs is 2. The number of aromatic nitrogens is 2. The normalized spacial score (nSPS) is 15.4. The van der Waals surface area contributed by atoms with E-state index in [1.54, 1.807) is 36.1 Å². The summed E-state index contributed by atoms with van der Waals surface area (Å²) in [6.07, 6.45) is 0.767. The minimum absolute atomic E-state index is 0.000413. The fourth-order valence-electron chi connectivity index (χ4n) is 3.81. The number of esters is 1. The van der Waals surface area contributed by atoms with Gasteiger partial charge in [0.15, 0.2) is 12.3 Å². The second kappa shape index (κ2) is 7.50. The van der Waals surface area contributed by atoms with Crippen LogP contribution in [0.25, 0.3) is 10.8 Å². The van der Waals surface area contributed by atoms with Crippen LogP contribution in [-0.4, -0.2) is 34.3 Å². The number of aryl methyl sites for hydroxylation is 1. The number of anilines is 1. The number of amides is 1. The molecule has 148 valence electrons. The van der Waals surface area contributed by atoms with Gasteiger partial charge in [-0.2, -0.15) is 5.10 Å². The lowest BCUT2D eigenvalue weighted by atomic mass is 10.1. The van der Waals surface area contributed by atoms with Crippen molar-refractivity contribution in [2.75, 3.05) is 11.5 Å². The molecule has 0 radical (unpaired) electrons. The molecular weight excluding hydrogens is 370 g/mol. The Morgan fingerprint density at radius 1 is 1.10 bits per heavy atom. The molecule has 0 aliphatic carbocycles. The summed E-state index contributed by atoms with van der Waals surface area (Å²) in [6.45, 7) is 3.67. The Morgan fingerprint density at radius 3 is 2.55 bits per heavy atom. The molecule has 0 N–H and O–H groups in total. The molecule has 0 bridgehead atoms. The maximum absolute atomic E-state index is 12.8. The van der Waals surface area contributed by atoms with Gasteiger partial charge < -0.3 is 9.64 Å². The Balaban J connectivity index is 1.57. The zero-order valence-corrected chi connectivity index (χ0v) is 16.3. The minimum atomic E-state index is -0.725. The highest BCUT2D eigenvalue weighted by atomic mass is 16.5. The molecule has 0 saturated carbocycles. The third-order valence-electron chi connectivity index (χ3n) is 5.16. The number of para-hydroxylation sites is 1. The van der Waals surface area contributed by atoms with E-state index in [1.807, 2.05) is 31.2 Å². The van der Waals surface area contributed by atoms with Crippen LogP contribution in [0.2, 0.25) is 0 Å². The van der Waals surface area contributed by atoms with Gasteiger partial charge in [-0.3, -0.25) is 9.59 Å². The molecule has 3 aromatic rings. The van der Waals surface area contributed by atoms with E-state index in [0.717, 1.165) is 17.7 Å². The van der Waals surface area contributed by atoms with Crippen LogP contribution in [0.1, 0.15) is 29.9 Å². The third-order valence-corrected chi connectivity index (χ3v) is 5.16. The van der Waals surface area contributed by atoms with Crippen LogP contribution in [0.4, 0.5) is 5.69 Å². The monoisotopic (exact) mass is 391 g/mol. The largest absolute Gasteiger partial charge is 0.451 e. The van der Waals surface area contributed by atoms with E-state index in [2.05, 4.69) is 5.10 Å². The average molecular weight is 391 g/mol. The van der Waals surface area contributed by atoms with Gasteiger partial charge in [-0.1, -0.05) is 36.4 Å². The van der Waals surface area contributed by atoms with Gasteiger partial charge in [-0.15, -0.1) is 0 Å². The number of hydrogen-bond donors (Lipinski definition) is 0. The molecule has 0 spiro atoms. The molecule has 2 heterocycles. The summed E-state index contributed by atoms with van der Waals surface area (Å²) in [6, 6.07) is 14.5. The number of nitrogens with zero attached hydrogens (tertiary/aromatic N) is 3. The fourth-order valence-corrected chi connectivity index (χ4v) is 3.81.